The first-order chi connectivity index (χ1) is 8.13. The van der Waals surface area contributed by atoms with Crippen LogP contribution < -0.4 is 0 Å². The molecule has 0 radical (unpaired) electrons. The Balaban J connectivity index is 1.83. The molecule has 2 aliphatic carbocycles. The highest BCUT2D eigenvalue weighted by molar-refractivity contribution is 9.09. The Hall–Kier alpha value is -0.0800. The summed E-state index contributed by atoms with van der Waals surface area (Å²) in [5.41, 5.74) is 1.28. The minimum Gasteiger partial charge on any atom is -0.205 e. The number of fused-ring (bicyclic) bond motifs is 1. The molecule has 0 bridgehead atoms. The molecule has 3 heteroatoms. The average Bonchev–Trinajstić information content (AvgIpc) is 2.94. The van der Waals surface area contributed by atoms with Crippen molar-refractivity contribution >= 4 is 27.5 Å². The molecule has 2 atom stereocenters. The first-order valence-electron chi connectivity index (χ1n) is 6.12. The number of rotatable bonds is 3. The van der Waals surface area contributed by atoms with E-state index >= 15 is 0 Å². The number of hydrogen-bond acceptors (Lipinski definition) is 0. The molecular weight excluding hydrogens is 303 g/mol. The Morgan fingerprint density at radius 1 is 1.35 bits per heavy atom. The van der Waals surface area contributed by atoms with Crippen LogP contribution in [0, 0.1) is 23.1 Å². The second kappa shape index (κ2) is 4.24. The summed E-state index contributed by atoms with van der Waals surface area (Å²) in [6.45, 7) is 0. The number of benzene rings is 1. The molecule has 0 amide bonds. The lowest BCUT2D eigenvalue weighted by Gasteiger charge is -2.29. The molecule has 2 saturated carbocycles. The predicted octanol–water partition coefficient (Wildman–Crippen LogP) is 4.83. The Morgan fingerprint density at radius 2 is 2.06 bits per heavy atom. The standard InChI is InChI=1S/C14H15BrClF/c15-8-14(6-10-4-11(10)7-14)5-9-2-1-3-12(17)13(9)16/h1-3,10-11H,4-8H2. The van der Waals surface area contributed by atoms with Gasteiger partial charge in [-0.1, -0.05) is 39.7 Å². The van der Waals surface area contributed by atoms with Crippen LogP contribution in [0.1, 0.15) is 24.8 Å². The summed E-state index contributed by atoms with van der Waals surface area (Å²) in [5.74, 6) is 1.57. The van der Waals surface area contributed by atoms with Crippen LogP contribution >= 0.6 is 27.5 Å². The van der Waals surface area contributed by atoms with E-state index in [0.717, 1.165) is 29.2 Å². The van der Waals surface area contributed by atoms with Crippen molar-refractivity contribution in [1.29, 1.82) is 0 Å². The van der Waals surface area contributed by atoms with Gasteiger partial charge in [0.25, 0.3) is 0 Å². The van der Waals surface area contributed by atoms with Crippen LogP contribution in [0.4, 0.5) is 4.39 Å². The maximum Gasteiger partial charge on any atom is 0.142 e. The smallest absolute Gasteiger partial charge is 0.142 e. The molecule has 0 saturated heterocycles. The van der Waals surface area contributed by atoms with Crippen molar-refractivity contribution in [2.75, 3.05) is 5.33 Å². The normalized spacial score (nSPS) is 34.8. The molecule has 2 fully saturated rings. The van der Waals surface area contributed by atoms with E-state index in [1.807, 2.05) is 6.07 Å². The third-order valence-corrected chi connectivity index (χ3v) is 5.95. The largest absolute Gasteiger partial charge is 0.205 e. The van der Waals surface area contributed by atoms with E-state index in [2.05, 4.69) is 15.9 Å². The van der Waals surface area contributed by atoms with Gasteiger partial charge in [-0.25, -0.2) is 4.39 Å². The summed E-state index contributed by atoms with van der Waals surface area (Å²) in [6.07, 6.45) is 4.86. The highest BCUT2D eigenvalue weighted by Gasteiger charge is 2.53. The first-order valence-corrected chi connectivity index (χ1v) is 7.62. The Labute approximate surface area is 115 Å². The highest BCUT2D eigenvalue weighted by atomic mass is 79.9. The van der Waals surface area contributed by atoms with Crippen molar-refractivity contribution < 1.29 is 4.39 Å². The third-order valence-electron chi connectivity index (χ3n) is 4.34. The van der Waals surface area contributed by atoms with E-state index in [9.17, 15) is 4.39 Å². The highest BCUT2D eigenvalue weighted by Crippen LogP contribution is 2.61. The molecule has 0 heterocycles. The van der Waals surface area contributed by atoms with E-state index in [-0.39, 0.29) is 5.82 Å². The monoisotopic (exact) mass is 316 g/mol. The van der Waals surface area contributed by atoms with Crippen LogP contribution in [0.3, 0.4) is 0 Å². The summed E-state index contributed by atoms with van der Waals surface area (Å²) >= 11 is 9.69. The molecule has 2 unspecified atom stereocenters. The lowest BCUT2D eigenvalue weighted by atomic mass is 9.79. The van der Waals surface area contributed by atoms with Gasteiger partial charge in [0, 0.05) is 5.33 Å². The van der Waals surface area contributed by atoms with Gasteiger partial charge >= 0.3 is 0 Å². The molecule has 0 spiro atoms. The van der Waals surface area contributed by atoms with Crippen molar-refractivity contribution in [1.82, 2.24) is 0 Å². The zero-order valence-electron chi connectivity index (χ0n) is 9.56. The molecule has 2 aliphatic rings. The van der Waals surface area contributed by atoms with Crippen LogP contribution in [0.15, 0.2) is 18.2 Å². The number of halogens is 3. The fraction of sp³-hybridized carbons (Fsp3) is 0.571. The SMILES string of the molecule is Fc1cccc(CC2(CBr)CC3CC3C2)c1Cl. The van der Waals surface area contributed by atoms with Gasteiger partial charge in [-0.3, -0.25) is 0 Å². The second-order valence-electron chi connectivity index (χ2n) is 5.69. The van der Waals surface area contributed by atoms with Gasteiger partial charge in [0.1, 0.15) is 5.82 Å². The summed E-state index contributed by atoms with van der Waals surface area (Å²) in [7, 11) is 0. The summed E-state index contributed by atoms with van der Waals surface area (Å²) in [4.78, 5) is 0. The van der Waals surface area contributed by atoms with E-state index in [1.54, 1.807) is 6.07 Å². The molecular formula is C14H15BrClF. The number of alkyl halides is 1. The van der Waals surface area contributed by atoms with Gasteiger partial charge in [-0.15, -0.1) is 0 Å². The molecule has 1 aromatic carbocycles. The van der Waals surface area contributed by atoms with Gasteiger partial charge in [0.05, 0.1) is 5.02 Å². The van der Waals surface area contributed by atoms with Gasteiger partial charge in [-0.05, 0) is 54.6 Å². The zero-order chi connectivity index (χ0) is 12.0. The van der Waals surface area contributed by atoms with Gasteiger partial charge in [-0.2, -0.15) is 0 Å². The fourth-order valence-electron chi connectivity index (χ4n) is 3.40. The second-order valence-corrected chi connectivity index (χ2v) is 6.63. The number of hydrogen-bond donors (Lipinski definition) is 0. The molecule has 3 rings (SSSR count). The van der Waals surface area contributed by atoms with E-state index in [0.29, 0.717) is 10.4 Å². The fourth-order valence-corrected chi connectivity index (χ4v) is 4.24. The molecule has 0 aliphatic heterocycles. The Bertz CT molecular complexity index is 436. The van der Waals surface area contributed by atoms with Crippen LogP contribution in [0.2, 0.25) is 5.02 Å². The van der Waals surface area contributed by atoms with Crippen molar-refractivity contribution in [3.8, 4) is 0 Å². The Morgan fingerprint density at radius 3 is 2.71 bits per heavy atom. The van der Waals surface area contributed by atoms with Crippen molar-refractivity contribution in [3.63, 3.8) is 0 Å². The van der Waals surface area contributed by atoms with Crippen molar-refractivity contribution in [3.05, 3.63) is 34.6 Å². The van der Waals surface area contributed by atoms with Crippen molar-refractivity contribution in [2.45, 2.75) is 25.7 Å². The van der Waals surface area contributed by atoms with Crippen LogP contribution in [0.25, 0.3) is 0 Å². The van der Waals surface area contributed by atoms with Crippen molar-refractivity contribution in [2.24, 2.45) is 17.3 Å². The molecule has 0 nitrogen and oxygen atoms in total. The van der Waals surface area contributed by atoms with E-state index in [1.165, 1.54) is 25.3 Å². The molecule has 17 heavy (non-hydrogen) atoms. The maximum absolute atomic E-state index is 13.4. The quantitative estimate of drug-likeness (QED) is 0.700. The molecule has 92 valence electrons. The van der Waals surface area contributed by atoms with Gasteiger partial charge in [0.2, 0.25) is 0 Å². The minimum atomic E-state index is -0.294. The van der Waals surface area contributed by atoms with Crippen LogP contribution in [0.5, 0.6) is 0 Å². The molecule has 0 aromatic heterocycles. The summed E-state index contributed by atoms with van der Waals surface area (Å²) < 4.78 is 13.4. The van der Waals surface area contributed by atoms with E-state index in [4.69, 9.17) is 11.6 Å². The molecule has 0 N–H and O–H groups in total. The zero-order valence-corrected chi connectivity index (χ0v) is 11.9. The van der Waals surface area contributed by atoms with Gasteiger partial charge in [0.15, 0.2) is 0 Å². The topological polar surface area (TPSA) is 0 Å². The third kappa shape index (κ3) is 2.15. The Kier molecular flexibility index (Phi) is 2.99. The first kappa shape index (κ1) is 12.0. The molecule has 1 aromatic rings. The van der Waals surface area contributed by atoms with Crippen LogP contribution in [-0.2, 0) is 6.42 Å². The van der Waals surface area contributed by atoms with Crippen LogP contribution in [-0.4, -0.2) is 5.33 Å². The predicted molar refractivity (Wildman–Crippen MR) is 72.2 cm³/mol. The lowest BCUT2D eigenvalue weighted by molar-refractivity contribution is 0.308. The van der Waals surface area contributed by atoms with Gasteiger partial charge < -0.3 is 0 Å². The lowest BCUT2D eigenvalue weighted by Crippen LogP contribution is -2.24. The van der Waals surface area contributed by atoms with E-state index < -0.39 is 0 Å². The average molecular weight is 318 g/mol. The summed E-state index contributed by atoms with van der Waals surface area (Å²) in [5, 5.41) is 1.31. The maximum atomic E-state index is 13.4. The minimum absolute atomic E-state index is 0.294. The summed E-state index contributed by atoms with van der Waals surface area (Å²) in [6, 6.07) is 5.15.